The Kier molecular flexibility index (Phi) is 6.97. The molecule has 0 aliphatic carbocycles. The number of nitrogens with one attached hydrogen (secondary N) is 2. The molecule has 0 saturated carbocycles. The van der Waals surface area contributed by atoms with E-state index in [0.29, 0.717) is 5.69 Å². The molecule has 31 heavy (non-hydrogen) atoms. The first-order valence-corrected chi connectivity index (χ1v) is 9.65. The van der Waals surface area contributed by atoms with E-state index in [1.165, 1.54) is 13.2 Å². The van der Waals surface area contributed by atoms with Gasteiger partial charge in [-0.05, 0) is 50.2 Å². The highest BCUT2D eigenvalue weighted by Crippen LogP contribution is 2.22. The van der Waals surface area contributed by atoms with E-state index in [1.54, 1.807) is 18.5 Å². The second-order valence-corrected chi connectivity index (χ2v) is 6.94. The van der Waals surface area contributed by atoms with Crippen LogP contribution in [0.4, 0.5) is 10.6 Å². The monoisotopic (exact) mass is 414 g/mol. The molecule has 2 amide bonds. The van der Waals surface area contributed by atoms with Gasteiger partial charge in [-0.3, -0.25) is 10.3 Å². The number of anilines is 1. The molecule has 0 fully saturated rings. The van der Waals surface area contributed by atoms with Crippen LogP contribution in [-0.4, -0.2) is 35.1 Å². The number of carbonyl (C=O) groups is 2. The highest BCUT2D eigenvalue weighted by molar-refractivity contribution is 5.94. The Balaban J connectivity index is 1.88. The fourth-order valence-electron chi connectivity index (χ4n) is 2.70. The largest absolute Gasteiger partial charge is 0.465 e. The van der Waals surface area contributed by atoms with Crippen LogP contribution in [0, 0.1) is 11.8 Å². The number of nitrogens with zero attached hydrogens (tertiary/aromatic N) is 2. The molecule has 3 aromatic rings. The maximum Gasteiger partial charge on any atom is 0.338 e. The highest BCUT2D eigenvalue weighted by Gasteiger charge is 2.13. The van der Waals surface area contributed by atoms with Gasteiger partial charge in [0.05, 0.1) is 18.4 Å². The fraction of sp³-hybridized carbons (Fsp3) is 0.167. The maximum absolute atomic E-state index is 12.1. The molecule has 0 atom stereocenters. The van der Waals surface area contributed by atoms with Crippen molar-refractivity contribution >= 4 is 17.8 Å². The van der Waals surface area contributed by atoms with E-state index in [4.69, 9.17) is 4.74 Å². The summed E-state index contributed by atoms with van der Waals surface area (Å²) in [6.45, 7) is 3.70. The normalized spacial score (nSPS) is 10.1. The molecule has 156 valence electrons. The first kappa shape index (κ1) is 21.5. The molecule has 0 bridgehead atoms. The van der Waals surface area contributed by atoms with Crippen LogP contribution < -0.4 is 10.6 Å². The SMILES string of the molecule is COC(=O)c1cc(NC(=O)NC(C)C)nc(-c2ccc(C#Cc3cccnc3)cc2)c1. The molecule has 7 heteroatoms. The third-order valence-corrected chi connectivity index (χ3v) is 4.10. The average Bonchev–Trinajstić information content (AvgIpc) is 2.77. The smallest absolute Gasteiger partial charge is 0.338 e. The number of aromatic nitrogens is 2. The van der Waals surface area contributed by atoms with Crippen molar-refractivity contribution in [3.63, 3.8) is 0 Å². The Labute approximate surface area is 180 Å². The summed E-state index contributed by atoms with van der Waals surface area (Å²) in [7, 11) is 1.30. The molecule has 0 radical (unpaired) electrons. The van der Waals surface area contributed by atoms with Crippen LogP contribution in [0.5, 0.6) is 0 Å². The van der Waals surface area contributed by atoms with Gasteiger partial charge in [0.25, 0.3) is 0 Å². The standard InChI is InChI=1S/C24H22N4O3/c1-16(2)26-24(30)28-22-14-20(23(29)31-3)13-21(27-22)19-10-8-17(9-11-19)6-7-18-5-4-12-25-15-18/h4-5,8-16H,1-3H3,(H2,26,27,28,30). The van der Waals surface area contributed by atoms with Gasteiger partial charge in [-0.15, -0.1) is 0 Å². The second kappa shape index (κ2) is 10.0. The third kappa shape index (κ3) is 6.15. The maximum atomic E-state index is 12.1. The summed E-state index contributed by atoms with van der Waals surface area (Å²) < 4.78 is 4.83. The Morgan fingerprint density at radius 2 is 1.77 bits per heavy atom. The zero-order valence-corrected chi connectivity index (χ0v) is 17.5. The molecule has 0 saturated heterocycles. The molecule has 7 nitrogen and oxygen atoms in total. The number of amides is 2. The number of hydrogen-bond donors (Lipinski definition) is 2. The fourth-order valence-corrected chi connectivity index (χ4v) is 2.70. The zero-order valence-electron chi connectivity index (χ0n) is 17.5. The summed E-state index contributed by atoms with van der Waals surface area (Å²) in [5.74, 6) is 5.87. The van der Waals surface area contributed by atoms with Crippen LogP contribution in [0.2, 0.25) is 0 Å². The van der Waals surface area contributed by atoms with E-state index in [-0.39, 0.29) is 17.4 Å². The molecule has 0 spiro atoms. The van der Waals surface area contributed by atoms with Crippen LogP contribution >= 0.6 is 0 Å². The number of hydrogen-bond acceptors (Lipinski definition) is 5. The van der Waals surface area contributed by atoms with Gasteiger partial charge in [0.15, 0.2) is 0 Å². The summed E-state index contributed by atoms with van der Waals surface area (Å²) >= 11 is 0. The molecule has 0 aliphatic heterocycles. The van der Waals surface area contributed by atoms with Crippen LogP contribution in [0.25, 0.3) is 11.3 Å². The lowest BCUT2D eigenvalue weighted by Gasteiger charge is -2.12. The predicted octanol–water partition coefficient (Wildman–Crippen LogP) is 3.86. The quantitative estimate of drug-likeness (QED) is 0.500. The van der Waals surface area contributed by atoms with Crippen molar-refractivity contribution in [1.82, 2.24) is 15.3 Å². The topological polar surface area (TPSA) is 93.2 Å². The number of carbonyl (C=O) groups excluding carboxylic acids is 2. The first-order chi connectivity index (χ1) is 14.9. The van der Waals surface area contributed by atoms with Gasteiger partial charge in [-0.25, -0.2) is 14.6 Å². The number of urea groups is 1. The molecule has 2 N–H and O–H groups in total. The van der Waals surface area contributed by atoms with Crippen molar-refractivity contribution < 1.29 is 14.3 Å². The number of benzene rings is 1. The van der Waals surface area contributed by atoms with Crippen molar-refractivity contribution in [3.8, 4) is 23.1 Å². The van der Waals surface area contributed by atoms with E-state index in [9.17, 15) is 9.59 Å². The van der Waals surface area contributed by atoms with Crippen molar-refractivity contribution in [2.75, 3.05) is 12.4 Å². The molecule has 2 aromatic heterocycles. The van der Waals surface area contributed by atoms with E-state index in [2.05, 4.69) is 32.4 Å². The third-order valence-electron chi connectivity index (χ3n) is 4.10. The average molecular weight is 414 g/mol. The number of pyridine rings is 2. The summed E-state index contributed by atoms with van der Waals surface area (Å²) in [4.78, 5) is 32.7. The molecular weight excluding hydrogens is 392 g/mol. The lowest BCUT2D eigenvalue weighted by molar-refractivity contribution is 0.0600. The minimum absolute atomic E-state index is 0.0384. The van der Waals surface area contributed by atoms with Crippen LogP contribution in [0.3, 0.4) is 0 Å². The molecule has 2 heterocycles. The molecule has 0 unspecified atom stereocenters. The molecular formula is C24H22N4O3. The minimum Gasteiger partial charge on any atom is -0.465 e. The lowest BCUT2D eigenvalue weighted by atomic mass is 10.1. The van der Waals surface area contributed by atoms with E-state index in [1.807, 2.05) is 50.2 Å². The van der Waals surface area contributed by atoms with Gasteiger partial charge < -0.3 is 10.1 Å². The van der Waals surface area contributed by atoms with E-state index < -0.39 is 12.0 Å². The Morgan fingerprint density at radius 3 is 2.42 bits per heavy atom. The summed E-state index contributed by atoms with van der Waals surface area (Å²) in [5, 5.41) is 5.38. The predicted molar refractivity (Wildman–Crippen MR) is 119 cm³/mol. The van der Waals surface area contributed by atoms with Gasteiger partial charge >= 0.3 is 12.0 Å². The van der Waals surface area contributed by atoms with Crippen molar-refractivity contribution in [3.05, 3.63) is 77.6 Å². The molecule has 0 aliphatic rings. The number of methoxy groups -OCH3 is 1. The summed E-state index contributed by atoms with van der Waals surface area (Å²) in [5.41, 5.74) is 3.23. The van der Waals surface area contributed by atoms with Gasteiger partial charge in [0, 0.05) is 35.1 Å². The minimum atomic E-state index is -0.519. The molecule has 1 aromatic carbocycles. The van der Waals surface area contributed by atoms with Crippen LogP contribution in [0.1, 0.15) is 35.3 Å². The lowest BCUT2D eigenvalue weighted by Crippen LogP contribution is -2.34. The van der Waals surface area contributed by atoms with Gasteiger partial charge in [0.2, 0.25) is 0 Å². The van der Waals surface area contributed by atoms with Crippen molar-refractivity contribution in [1.29, 1.82) is 0 Å². The van der Waals surface area contributed by atoms with E-state index >= 15 is 0 Å². The number of ether oxygens (including phenoxy) is 1. The molecule has 3 rings (SSSR count). The Bertz CT molecular complexity index is 1130. The van der Waals surface area contributed by atoms with E-state index in [0.717, 1.165) is 16.7 Å². The van der Waals surface area contributed by atoms with Crippen LogP contribution in [-0.2, 0) is 4.74 Å². The summed E-state index contributed by atoms with van der Waals surface area (Å²) in [6.07, 6.45) is 3.40. The number of rotatable bonds is 4. The van der Waals surface area contributed by atoms with Crippen molar-refractivity contribution in [2.24, 2.45) is 0 Å². The van der Waals surface area contributed by atoms with Crippen molar-refractivity contribution in [2.45, 2.75) is 19.9 Å². The number of esters is 1. The van der Waals surface area contributed by atoms with Crippen LogP contribution in [0.15, 0.2) is 60.9 Å². The Morgan fingerprint density at radius 1 is 1.03 bits per heavy atom. The summed E-state index contributed by atoms with van der Waals surface area (Å²) in [6, 6.07) is 13.8. The van der Waals surface area contributed by atoms with Gasteiger partial charge in [0.1, 0.15) is 5.82 Å². The second-order valence-electron chi connectivity index (χ2n) is 6.94. The van der Waals surface area contributed by atoms with Gasteiger partial charge in [-0.2, -0.15) is 0 Å². The first-order valence-electron chi connectivity index (χ1n) is 9.65. The zero-order chi connectivity index (χ0) is 22.2. The Hall–Kier alpha value is -4.18. The van der Waals surface area contributed by atoms with Gasteiger partial charge in [-0.1, -0.05) is 24.0 Å². The highest BCUT2D eigenvalue weighted by atomic mass is 16.5.